The quantitative estimate of drug-likeness (QED) is 0.322. The molecule has 3 aliphatic carbocycles. The molecule has 1 saturated heterocycles. The monoisotopic (exact) mass is 571 g/mol. The average Bonchev–Trinajstić information content (AvgIpc) is 3.32. The van der Waals surface area contributed by atoms with Crippen LogP contribution in [0.5, 0.6) is 5.75 Å². The summed E-state index contributed by atoms with van der Waals surface area (Å²) in [6.45, 7) is 6.21. The summed E-state index contributed by atoms with van der Waals surface area (Å²) in [5, 5.41) is 44.8. The number of benzene rings is 1. The number of fused-ring (bicyclic) bond motifs is 3. The summed E-state index contributed by atoms with van der Waals surface area (Å²) in [6.07, 6.45) is 2.88. The summed E-state index contributed by atoms with van der Waals surface area (Å²) in [7, 11) is 3.06. The third-order valence-corrected chi connectivity index (χ3v) is 10.1. The van der Waals surface area contributed by atoms with E-state index >= 15 is 4.39 Å². The van der Waals surface area contributed by atoms with Crippen LogP contribution in [0.1, 0.15) is 56.2 Å². The van der Waals surface area contributed by atoms with Crippen LogP contribution in [0.15, 0.2) is 23.0 Å². The van der Waals surface area contributed by atoms with Crippen LogP contribution < -0.4 is 5.73 Å². The Bertz CT molecular complexity index is 1410. The zero-order chi connectivity index (χ0) is 30.2. The number of halogens is 1. The fraction of sp³-hybridized carbons (Fsp3) is 0.567. The maximum Gasteiger partial charge on any atom is 0.255 e. The molecule has 1 amide bonds. The van der Waals surface area contributed by atoms with Crippen LogP contribution in [0.3, 0.4) is 0 Å². The van der Waals surface area contributed by atoms with E-state index in [2.05, 4.69) is 18.7 Å². The summed E-state index contributed by atoms with van der Waals surface area (Å²) < 4.78 is 16.1. The summed E-state index contributed by atoms with van der Waals surface area (Å²) in [5.74, 6) is -8.10. The first-order valence-electron chi connectivity index (χ1n) is 14.1. The number of amides is 1. The van der Waals surface area contributed by atoms with Crippen molar-refractivity contribution in [2.24, 2.45) is 23.0 Å². The van der Waals surface area contributed by atoms with Crippen molar-refractivity contribution in [3.05, 3.63) is 45.5 Å². The number of aliphatic hydroxyl groups excluding tert-OH is 2. The third kappa shape index (κ3) is 4.11. The summed E-state index contributed by atoms with van der Waals surface area (Å²) in [4.78, 5) is 42.8. The van der Waals surface area contributed by atoms with E-state index in [1.807, 2.05) is 0 Å². The zero-order valence-electron chi connectivity index (χ0n) is 23.8. The molecule has 4 aliphatic rings. The van der Waals surface area contributed by atoms with E-state index in [4.69, 9.17) is 5.73 Å². The van der Waals surface area contributed by atoms with Crippen LogP contribution in [-0.4, -0.2) is 86.5 Å². The Labute approximate surface area is 237 Å². The Morgan fingerprint density at radius 1 is 1.20 bits per heavy atom. The lowest BCUT2D eigenvalue weighted by atomic mass is 9.57. The molecule has 0 aromatic heterocycles. The highest BCUT2D eigenvalue weighted by Gasteiger charge is 2.64. The second-order valence-corrected chi connectivity index (χ2v) is 12.4. The van der Waals surface area contributed by atoms with E-state index < -0.39 is 69.6 Å². The number of primary amides is 1. The van der Waals surface area contributed by atoms with E-state index in [1.165, 1.54) is 25.1 Å². The van der Waals surface area contributed by atoms with Gasteiger partial charge in [-0.05, 0) is 70.1 Å². The van der Waals surface area contributed by atoms with Crippen molar-refractivity contribution in [1.82, 2.24) is 9.80 Å². The number of phenols is 1. The highest BCUT2D eigenvalue weighted by molar-refractivity contribution is 6.24. The standard InChI is InChI=1S/C30H38FN3O7/c1-5-29(6-2)7-8-34(13-29)12-15-11-18(35)20-16(22(15)31)9-14-10-17-23(33(3)4)25(37)21(28(32)40)27(39)30(17,41)26(38)19(14)24(20)36/h11,14,17,23,35-36,39,41H,5-10,12-13H2,1-4H3,(H2,32,40)/t14-,17-,23-,30-/m0/s1. The molecular formula is C30H38FN3O7. The molecule has 10 nitrogen and oxygen atoms in total. The van der Waals surface area contributed by atoms with Crippen molar-refractivity contribution >= 4 is 23.2 Å². The SMILES string of the molecule is CCC1(CC)CCN(Cc2cc(O)c3c(c2F)C[C@H]2C[C@H]4[C@H](N(C)C)C(=O)C(C(N)=O)=C(O)[C@@]4(O)C(=O)C2=C3O)C1. The lowest BCUT2D eigenvalue weighted by molar-refractivity contribution is -0.153. The number of hydrogen-bond donors (Lipinski definition) is 5. The predicted molar refractivity (Wildman–Crippen MR) is 147 cm³/mol. The molecule has 1 aromatic carbocycles. The van der Waals surface area contributed by atoms with Gasteiger partial charge in [0.25, 0.3) is 5.91 Å². The van der Waals surface area contributed by atoms with Crippen molar-refractivity contribution in [1.29, 1.82) is 0 Å². The Morgan fingerprint density at radius 2 is 1.85 bits per heavy atom. The number of hydrogen-bond acceptors (Lipinski definition) is 9. The van der Waals surface area contributed by atoms with E-state index in [0.29, 0.717) is 0 Å². The number of phenolic OH excluding ortho intramolecular Hbond substituents is 1. The molecule has 6 N–H and O–H groups in total. The van der Waals surface area contributed by atoms with Crippen LogP contribution in [0, 0.1) is 23.1 Å². The molecule has 0 spiro atoms. The number of nitrogens with two attached hydrogens (primary N) is 1. The van der Waals surface area contributed by atoms with E-state index in [9.17, 15) is 34.8 Å². The summed E-state index contributed by atoms with van der Waals surface area (Å²) in [5.41, 5.74) is 1.73. The minimum atomic E-state index is -2.72. The second kappa shape index (κ2) is 9.92. The predicted octanol–water partition coefficient (Wildman–Crippen LogP) is 2.12. The smallest absolute Gasteiger partial charge is 0.255 e. The molecule has 1 saturated carbocycles. The first-order chi connectivity index (χ1) is 19.2. The second-order valence-electron chi connectivity index (χ2n) is 12.4. The van der Waals surface area contributed by atoms with E-state index in [-0.39, 0.29) is 47.1 Å². The van der Waals surface area contributed by atoms with Gasteiger partial charge in [0.2, 0.25) is 5.78 Å². The molecular weight excluding hydrogens is 533 g/mol. The summed E-state index contributed by atoms with van der Waals surface area (Å²) in [6, 6.07) is 0.0716. The van der Waals surface area contributed by atoms with Crippen LogP contribution in [0.2, 0.25) is 0 Å². The molecule has 0 bridgehead atoms. The van der Waals surface area contributed by atoms with Crippen molar-refractivity contribution in [3.8, 4) is 5.75 Å². The number of likely N-dealkylation sites (N-methyl/N-ethyl adjacent to an activating group) is 1. The maximum absolute atomic E-state index is 16.1. The molecule has 41 heavy (non-hydrogen) atoms. The number of aliphatic hydroxyl groups is 3. The maximum atomic E-state index is 16.1. The molecule has 5 rings (SSSR count). The van der Waals surface area contributed by atoms with Crippen molar-refractivity contribution in [3.63, 3.8) is 0 Å². The molecule has 222 valence electrons. The van der Waals surface area contributed by atoms with E-state index in [1.54, 1.807) is 0 Å². The van der Waals surface area contributed by atoms with Gasteiger partial charge in [0.1, 0.15) is 28.7 Å². The number of likely N-dealkylation sites (tertiary alicyclic amines) is 1. The van der Waals surface area contributed by atoms with Crippen LogP contribution >= 0.6 is 0 Å². The Morgan fingerprint density at radius 3 is 2.41 bits per heavy atom. The minimum absolute atomic E-state index is 0.0575. The minimum Gasteiger partial charge on any atom is -0.508 e. The Hall–Kier alpha value is -3.28. The topological polar surface area (TPSA) is 165 Å². The first kappa shape index (κ1) is 29.2. The molecule has 1 aromatic rings. The zero-order valence-corrected chi connectivity index (χ0v) is 23.8. The van der Waals surface area contributed by atoms with Crippen molar-refractivity contribution < 1.29 is 39.2 Å². The molecule has 11 heteroatoms. The Kier molecular flexibility index (Phi) is 7.07. The van der Waals surface area contributed by atoms with Gasteiger partial charge in [0.05, 0.1) is 11.6 Å². The third-order valence-electron chi connectivity index (χ3n) is 10.1. The number of Topliss-reactive ketones (excluding diaryl/α,β-unsaturated/α-hetero) is 2. The van der Waals surface area contributed by atoms with Crippen LogP contribution in [-0.2, 0) is 27.3 Å². The van der Waals surface area contributed by atoms with Gasteiger partial charge in [0, 0.05) is 35.7 Å². The average molecular weight is 572 g/mol. The summed E-state index contributed by atoms with van der Waals surface area (Å²) >= 11 is 0. The number of nitrogens with zero attached hydrogens (tertiary/aromatic N) is 2. The number of ketones is 2. The van der Waals surface area contributed by atoms with Crippen LogP contribution in [0.25, 0.3) is 5.76 Å². The van der Waals surface area contributed by atoms with Gasteiger partial charge >= 0.3 is 0 Å². The van der Waals surface area contributed by atoms with Crippen LogP contribution in [0.4, 0.5) is 4.39 Å². The molecule has 1 aliphatic heterocycles. The van der Waals surface area contributed by atoms with E-state index in [0.717, 1.165) is 32.4 Å². The number of carbonyl (C=O) groups is 3. The first-order valence-corrected chi connectivity index (χ1v) is 14.1. The van der Waals surface area contributed by atoms with Gasteiger partial charge in [-0.1, -0.05) is 13.8 Å². The van der Waals surface area contributed by atoms with Gasteiger partial charge in [-0.3, -0.25) is 24.2 Å². The van der Waals surface area contributed by atoms with Gasteiger partial charge < -0.3 is 26.2 Å². The number of carbonyl (C=O) groups excluding carboxylic acids is 3. The molecule has 1 heterocycles. The normalized spacial score (nSPS) is 29.6. The Balaban J connectivity index is 1.59. The largest absolute Gasteiger partial charge is 0.508 e. The molecule has 0 radical (unpaired) electrons. The fourth-order valence-electron chi connectivity index (χ4n) is 7.69. The highest BCUT2D eigenvalue weighted by atomic mass is 19.1. The fourth-order valence-corrected chi connectivity index (χ4v) is 7.69. The van der Waals surface area contributed by atoms with Crippen molar-refractivity contribution in [2.45, 2.75) is 64.1 Å². The molecule has 0 unspecified atom stereocenters. The number of aromatic hydroxyl groups is 1. The van der Waals surface area contributed by atoms with Gasteiger partial charge in [-0.25, -0.2) is 4.39 Å². The number of rotatable bonds is 6. The molecule has 4 atom stereocenters. The molecule has 2 fully saturated rings. The van der Waals surface area contributed by atoms with Crippen molar-refractivity contribution in [2.75, 3.05) is 27.2 Å². The lowest BCUT2D eigenvalue weighted by Crippen LogP contribution is -2.65. The van der Waals surface area contributed by atoms with Gasteiger partial charge in [0.15, 0.2) is 11.4 Å². The lowest BCUT2D eigenvalue weighted by Gasteiger charge is -2.50. The van der Waals surface area contributed by atoms with Gasteiger partial charge in [-0.2, -0.15) is 0 Å². The van der Waals surface area contributed by atoms with Gasteiger partial charge in [-0.15, -0.1) is 0 Å². The highest BCUT2D eigenvalue weighted by Crippen LogP contribution is 2.53.